The van der Waals surface area contributed by atoms with Crippen molar-refractivity contribution in [2.75, 3.05) is 13.2 Å². The maximum absolute atomic E-state index is 12.0. The summed E-state index contributed by atoms with van der Waals surface area (Å²) in [5, 5.41) is 4.72. The summed E-state index contributed by atoms with van der Waals surface area (Å²) in [7, 11) is 0. The summed E-state index contributed by atoms with van der Waals surface area (Å²) in [4.78, 5) is 58.2. The molecule has 0 bridgehead atoms. The second-order valence-electron chi connectivity index (χ2n) is 6.15. The van der Waals surface area contributed by atoms with E-state index in [4.69, 9.17) is 30.1 Å². The third-order valence-electron chi connectivity index (χ3n) is 3.62. The Morgan fingerprint density at radius 2 is 1.40 bits per heavy atom. The van der Waals surface area contributed by atoms with Gasteiger partial charge in [-0.1, -0.05) is 5.92 Å². The zero-order chi connectivity index (χ0) is 22.8. The first kappa shape index (κ1) is 24.7. The molecule has 0 aliphatic carbocycles. The molecule has 12 nitrogen and oxygen atoms in total. The minimum absolute atomic E-state index is 0.100. The number of urea groups is 1. The van der Waals surface area contributed by atoms with Crippen molar-refractivity contribution in [1.82, 2.24) is 10.6 Å². The van der Waals surface area contributed by atoms with Crippen LogP contribution in [0.1, 0.15) is 27.7 Å². The van der Waals surface area contributed by atoms with E-state index in [0.717, 1.165) is 27.7 Å². The van der Waals surface area contributed by atoms with Crippen LogP contribution in [0.15, 0.2) is 0 Å². The van der Waals surface area contributed by atoms with Crippen molar-refractivity contribution in [2.45, 2.75) is 58.3 Å². The zero-order valence-corrected chi connectivity index (χ0v) is 17.0. The van der Waals surface area contributed by atoms with Crippen molar-refractivity contribution in [1.29, 1.82) is 0 Å². The molecule has 166 valence electrons. The number of esters is 4. The highest BCUT2D eigenvalue weighted by Gasteiger charge is 2.52. The van der Waals surface area contributed by atoms with E-state index in [1.807, 2.05) is 0 Å². The van der Waals surface area contributed by atoms with E-state index in [1.165, 1.54) is 0 Å². The van der Waals surface area contributed by atoms with Gasteiger partial charge in [0.1, 0.15) is 12.7 Å². The Balaban J connectivity index is 3.29. The molecule has 0 unspecified atom stereocenters. The van der Waals surface area contributed by atoms with E-state index in [2.05, 4.69) is 16.6 Å². The SMILES string of the molecule is C#CCNC(=O)N[C@@H]1O[C@H](COC(C)=O)[C@@H](OC(C)=O)[C@H](OC(C)=O)[C@H]1OC(C)=O. The molecule has 1 aliphatic rings. The van der Waals surface area contributed by atoms with Gasteiger partial charge in [-0.3, -0.25) is 19.2 Å². The minimum atomic E-state index is -1.39. The lowest BCUT2D eigenvalue weighted by atomic mass is 9.97. The van der Waals surface area contributed by atoms with E-state index >= 15 is 0 Å². The third kappa shape index (κ3) is 7.96. The molecule has 1 heterocycles. The Kier molecular flexibility index (Phi) is 9.57. The molecule has 0 aromatic rings. The Morgan fingerprint density at radius 1 is 0.867 bits per heavy atom. The number of terminal acetylenes is 1. The molecule has 30 heavy (non-hydrogen) atoms. The molecule has 1 rings (SSSR count). The number of hydrogen-bond acceptors (Lipinski definition) is 10. The van der Waals surface area contributed by atoms with Crippen LogP contribution in [0.4, 0.5) is 4.79 Å². The summed E-state index contributed by atoms with van der Waals surface area (Å²) >= 11 is 0. The molecule has 0 spiro atoms. The van der Waals surface area contributed by atoms with Gasteiger partial charge in [0.15, 0.2) is 24.5 Å². The maximum Gasteiger partial charge on any atom is 0.317 e. The number of hydrogen-bond donors (Lipinski definition) is 2. The molecular weight excluding hydrogens is 404 g/mol. The van der Waals surface area contributed by atoms with E-state index in [-0.39, 0.29) is 6.54 Å². The predicted molar refractivity (Wildman–Crippen MR) is 97.3 cm³/mol. The number of carbonyl (C=O) groups is 5. The summed E-state index contributed by atoms with van der Waals surface area (Å²) in [5.41, 5.74) is 0. The molecule has 1 fully saturated rings. The number of amides is 2. The Hall–Kier alpha value is -3.33. The minimum Gasteiger partial charge on any atom is -0.463 e. The monoisotopic (exact) mass is 428 g/mol. The lowest BCUT2D eigenvalue weighted by Gasteiger charge is -2.44. The molecule has 2 N–H and O–H groups in total. The molecule has 0 aromatic heterocycles. The smallest absolute Gasteiger partial charge is 0.317 e. The number of rotatable bonds is 7. The summed E-state index contributed by atoms with van der Waals surface area (Å²) in [6, 6.07) is -0.770. The Labute approximate surface area is 172 Å². The van der Waals surface area contributed by atoms with Crippen molar-refractivity contribution >= 4 is 29.9 Å². The average Bonchev–Trinajstić information content (AvgIpc) is 2.62. The average molecular weight is 428 g/mol. The number of ether oxygens (including phenoxy) is 5. The van der Waals surface area contributed by atoms with Gasteiger partial charge in [0, 0.05) is 27.7 Å². The van der Waals surface area contributed by atoms with Gasteiger partial charge < -0.3 is 34.3 Å². The van der Waals surface area contributed by atoms with Gasteiger partial charge in [0.2, 0.25) is 0 Å². The highest BCUT2D eigenvalue weighted by atomic mass is 16.7. The number of nitrogens with one attached hydrogen (secondary N) is 2. The lowest BCUT2D eigenvalue weighted by Crippen LogP contribution is -2.66. The normalized spacial score (nSPS) is 25.1. The fourth-order valence-electron chi connectivity index (χ4n) is 2.66. The zero-order valence-electron chi connectivity index (χ0n) is 17.0. The molecule has 0 aromatic carbocycles. The fraction of sp³-hybridized carbons (Fsp3) is 0.611. The van der Waals surface area contributed by atoms with Gasteiger partial charge in [-0.2, -0.15) is 0 Å². The molecule has 1 saturated heterocycles. The van der Waals surface area contributed by atoms with Crippen LogP contribution in [0, 0.1) is 12.3 Å². The highest BCUT2D eigenvalue weighted by Crippen LogP contribution is 2.28. The quantitative estimate of drug-likeness (QED) is 0.293. The van der Waals surface area contributed by atoms with Crippen LogP contribution in [0.25, 0.3) is 0 Å². The standard InChI is InChI=1S/C18H24N2O10/c1-6-7-19-18(25)20-17-16(29-12(5)24)15(28-11(4)23)14(27-10(3)22)13(30-17)8-26-9(2)21/h1,13-17H,7-8H2,2-5H3,(H2,19,20,25)/t13-,14-,15+,16-,17-/m1/s1. The second kappa shape index (κ2) is 11.6. The molecule has 2 amide bonds. The van der Waals surface area contributed by atoms with Crippen LogP contribution in [-0.2, 0) is 42.9 Å². The van der Waals surface area contributed by atoms with Crippen molar-refractivity contribution in [3.63, 3.8) is 0 Å². The first-order valence-electron chi connectivity index (χ1n) is 8.83. The topological polar surface area (TPSA) is 156 Å². The van der Waals surface area contributed by atoms with Gasteiger partial charge >= 0.3 is 29.9 Å². The molecule has 12 heteroatoms. The Bertz CT molecular complexity index is 716. The van der Waals surface area contributed by atoms with Crippen LogP contribution in [0.5, 0.6) is 0 Å². The van der Waals surface area contributed by atoms with Gasteiger partial charge in [-0.25, -0.2) is 4.79 Å². The van der Waals surface area contributed by atoms with Crippen LogP contribution < -0.4 is 10.6 Å². The highest BCUT2D eigenvalue weighted by molar-refractivity contribution is 5.74. The summed E-state index contributed by atoms with van der Waals surface area (Å²) < 4.78 is 26.2. The maximum atomic E-state index is 12.0. The first-order chi connectivity index (χ1) is 14.0. The molecular formula is C18H24N2O10. The van der Waals surface area contributed by atoms with Gasteiger partial charge in [0.25, 0.3) is 0 Å². The van der Waals surface area contributed by atoms with Crippen molar-refractivity contribution in [3.8, 4) is 12.3 Å². The predicted octanol–water partition coefficient (Wildman–Crippen LogP) is -0.998. The van der Waals surface area contributed by atoms with Crippen molar-refractivity contribution in [3.05, 3.63) is 0 Å². The van der Waals surface area contributed by atoms with Gasteiger partial charge in [0.05, 0.1) is 6.54 Å². The summed E-state index contributed by atoms with van der Waals surface area (Å²) in [6.07, 6.45) is -1.50. The summed E-state index contributed by atoms with van der Waals surface area (Å²) in [5.74, 6) is -0.765. The van der Waals surface area contributed by atoms with E-state index in [0.29, 0.717) is 0 Å². The van der Waals surface area contributed by atoms with Crippen LogP contribution in [0.2, 0.25) is 0 Å². The van der Waals surface area contributed by atoms with Crippen molar-refractivity contribution in [2.24, 2.45) is 0 Å². The van der Waals surface area contributed by atoms with E-state index in [9.17, 15) is 24.0 Å². The third-order valence-corrected chi connectivity index (χ3v) is 3.62. The first-order valence-corrected chi connectivity index (χ1v) is 8.83. The van der Waals surface area contributed by atoms with Crippen LogP contribution in [-0.4, -0.2) is 73.7 Å². The molecule has 0 saturated carbocycles. The Morgan fingerprint density at radius 3 is 1.90 bits per heavy atom. The fourth-order valence-corrected chi connectivity index (χ4v) is 2.66. The van der Waals surface area contributed by atoms with Crippen LogP contribution >= 0.6 is 0 Å². The van der Waals surface area contributed by atoms with E-state index in [1.54, 1.807) is 0 Å². The summed E-state index contributed by atoms with van der Waals surface area (Å²) in [6.45, 7) is 3.93. The number of carbonyl (C=O) groups excluding carboxylic acids is 5. The van der Waals surface area contributed by atoms with Crippen LogP contribution in [0.3, 0.4) is 0 Å². The molecule has 5 atom stereocenters. The molecule has 0 radical (unpaired) electrons. The van der Waals surface area contributed by atoms with E-state index < -0.39 is 67.2 Å². The van der Waals surface area contributed by atoms with Crippen molar-refractivity contribution < 1.29 is 47.7 Å². The van der Waals surface area contributed by atoms with Gasteiger partial charge in [-0.15, -0.1) is 6.42 Å². The lowest BCUT2D eigenvalue weighted by molar-refractivity contribution is -0.255. The molecule has 1 aliphatic heterocycles. The largest absolute Gasteiger partial charge is 0.463 e. The second-order valence-corrected chi connectivity index (χ2v) is 6.15. The van der Waals surface area contributed by atoms with Gasteiger partial charge in [-0.05, 0) is 0 Å².